The lowest BCUT2D eigenvalue weighted by molar-refractivity contribution is -0.221. The lowest BCUT2D eigenvalue weighted by Crippen LogP contribution is -2.65. The van der Waals surface area contributed by atoms with E-state index in [4.69, 9.17) is 18.9 Å². The largest absolute Gasteiger partial charge is 0.467 e. The molecular weight excluding hydrogens is 422 g/mol. The van der Waals surface area contributed by atoms with E-state index < -0.39 is 36.4 Å². The molecule has 2 aromatic rings. The van der Waals surface area contributed by atoms with Crippen LogP contribution < -0.4 is 5.32 Å². The number of allylic oxidation sites excluding steroid dienone is 1. The van der Waals surface area contributed by atoms with E-state index in [0.29, 0.717) is 0 Å². The molecule has 0 bridgehead atoms. The van der Waals surface area contributed by atoms with Crippen molar-refractivity contribution in [2.45, 2.75) is 57.5 Å². The van der Waals surface area contributed by atoms with Gasteiger partial charge in [0.05, 0.1) is 32.5 Å². The highest BCUT2D eigenvalue weighted by Gasteiger charge is 2.50. The number of methoxy groups -OCH3 is 1. The summed E-state index contributed by atoms with van der Waals surface area (Å²) in [5, 5.41) is 2.94. The summed E-state index contributed by atoms with van der Waals surface area (Å²) in [5.41, 5.74) is 1.90. The third-order valence-corrected chi connectivity index (χ3v) is 5.39. The molecular formula is C26H31NO6. The van der Waals surface area contributed by atoms with Crippen molar-refractivity contribution >= 4 is 11.9 Å². The number of carbonyl (C=O) groups is 2. The predicted molar refractivity (Wildman–Crippen MR) is 123 cm³/mol. The molecule has 1 aliphatic heterocycles. The average molecular weight is 454 g/mol. The molecule has 7 nitrogen and oxygen atoms in total. The first-order valence-corrected chi connectivity index (χ1v) is 11.0. The number of ether oxygens (including phenoxy) is 4. The van der Waals surface area contributed by atoms with Crippen LogP contribution in [-0.4, -0.2) is 49.4 Å². The van der Waals surface area contributed by atoms with Crippen LogP contribution in [-0.2, 0) is 41.8 Å². The van der Waals surface area contributed by atoms with Crippen LogP contribution in [0.2, 0.25) is 0 Å². The lowest BCUT2D eigenvalue weighted by atomic mass is 9.91. The molecule has 0 spiro atoms. The van der Waals surface area contributed by atoms with Crippen LogP contribution in [0.3, 0.4) is 0 Å². The summed E-state index contributed by atoms with van der Waals surface area (Å²) < 4.78 is 23.7. The summed E-state index contributed by atoms with van der Waals surface area (Å²) in [6, 6.07) is 18.7. The van der Waals surface area contributed by atoms with Crippen LogP contribution in [0.4, 0.5) is 0 Å². The van der Waals surface area contributed by atoms with E-state index >= 15 is 0 Å². The third kappa shape index (κ3) is 6.74. The molecule has 7 heteroatoms. The van der Waals surface area contributed by atoms with Crippen LogP contribution in [0.15, 0.2) is 72.8 Å². The van der Waals surface area contributed by atoms with Crippen molar-refractivity contribution in [3.05, 3.63) is 83.9 Å². The first kappa shape index (κ1) is 24.6. The SMILES string of the molecule is C/C=C/[C@H]1O[C@H](C(=O)OC)[C@@H](OCc2ccccc2)[C@H](OCc2ccccc2)[C@H]1NC(C)=O. The Bertz CT molecular complexity index is 917. The summed E-state index contributed by atoms with van der Waals surface area (Å²) in [5.74, 6) is -0.790. The van der Waals surface area contributed by atoms with Gasteiger partial charge in [-0.1, -0.05) is 72.8 Å². The van der Waals surface area contributed by atoms with Gasteiger partial charge in [-0.05, 0) is 18.1 Å². The fraction of sp³-hybridized carbons (Fsp3) is 0.385. The van der Waals surface area contributed by atoms with E-state index in [-0.39, 0.29) is 19.1 Å². The van der Waals surface area contributed by atoms with Gasteiger partial charge in [-0.25, -0.2) is 4.79 Å². The second-order valence-electron chi connectivity index (χ2n) is 7.82. The number of hydrogen-bond donors (Lipinski definition) is 1. The Morgan fingerprint density at radius 3 is 1.97 bits per heavy atom. The van der Waals surface area contributed by atoms with Crippen molar-refractivity contribution in [2.24, 2.45) is 0 Å². The van der Waals surface area contributed by atoms with Gasteiger partial charge < -0.3 is 24.3 Å². The van der Waals surface area contributed by atoms with Gasteiger partial charge in [0.1, 0.15) is 12.2 Å². The normalized spacial score (nSPS) is 25.0. The summed E-state index contributed by atoms with van der Waals surface area (Å²) in [7, 11) is 1.31. The smallest absolute Gasteiger partial charge is 0.337 e. The minimum absolute atomic E-state index is 0.232. The highest BCUT2D eigenvalue weighted by Crippen LogP contribution is 2.29. The molecule has 1 amide bonds. The molecule has 5 atom stereocenters. The quantitative estimate of drug-likeness (QED) is 0.464. The number of esters is 1. The Morgan fingerprint density at radius 2 is 1.48 bits per heavy atom. The van der Waals surface area contributed by atoms with E-state index in [9.17, 15) is 9.59 Å². The second-order valence-corrected chi connectivity index (χ2v) is 7.82. The second kappa shape index (κ2) is 12.3. The molecule has 1 saturated heterocycles. The molecule has 1 N–H and O–H groups in total. The van der Waals surface area contributed by atoms with Crippen LogP contribution in [0, 0.1) is 0 Å². The molecule has 1 heterocycles. The molecule has 1 aliphatic rings. The average Bonchev–Trinajstić information content (AvgIpc) is 2.83. The summed E-state index contributed by atoms with van der Waals surface area (Å²) in [6.45, 7) is 3.81. The Hall–Kier alpha value is -3.00. The van der Waals surface area contributed by atoms with Crippen LogP contribution >= 0.6 is 0 Å². The number of benzene rings is 2. The molecule has 176 valence electrons. The van der Waals surface area contributed by atoms with Crippen molar-refractivity contribution < 1.29 is 28.5 Å². The van der Waals surface area contributed by atoms with Crippen molar-refractivity contribution in [3.63, 3.8) is 0 Å². The number of amides is 1. The molecule has 0 radical (unpaired) electrons. The van der Waals surface area contributed by atoms with E-state index in [1.54, 1.807) is 6.08 Å². The van der Waals surface area contributed by atoms with Crippen LogP contribution in [0.5, 0.6) is 0 Å². The zero-order chi connectivity index (χ0) is 23.6. The van der Waals surface area contributed by atoms with Gasteiger partial charge in [-0.2, -0.15) is 0 Å². The van der Waals surface area contributed by atoms with Crippen molar-refractivity contribution in [1.82, 2.24) is 5.32 Å². The highest BCUT2D eigenvalue weighted by atomic mass is 16.6. The van der Waals surface area contributed by atoms with Crippen molar-refractivity contribution in [2.75, 3.05) is 7.11 Å². The zero-order valence-electron chi connectivity index (χ0n) is 19.2. The fourth-order valence-corrected chi connectivity index (χ4v) is 3.87. The maximum atomic E-state index is 12.7. The monoisotopic (exact) mass is 453 g/mol. The minimum Gasteiger partial charge on any atom is -0.467 e. The van der Waals surface area contributed by atoms with Crippen LogP contribution in [0.25, 0.3) is 0 Å². The Kier molecular flexibility index (Phi) is 9.18. The third-order valence-electron chi connectivity index (χ3n) is 5.39. The van der Waals surface area contributed by atoms with Gasteiger partial charge in [0.15, 0.2) is 6.10 Å². The van der Waals surface area contributed by atoms with Crippen LogP contribution in [0.1, 0.15) is 25.0 Å². The maximum Gasteiger partial charge on any atom is 0.337 e. The number of hydrogen-bond acceptors (Lipinski definition) is 6. The van der Waals surface area contributed by atoms with E-state index in [0.717, 1.165) is 11.1 Å². The fourth-order valence-electron chi connectivity index (χ4n) is 3.87. The predicted octanol–water partition coefficient (Wildman–Crippen LogP) is 3.18. The van der Waals surface area contributed by atoms with E-state index in [2.05, 4.69) is 5.32 Å². The highest BCUT2D eigenvalue weighted by molar-refractivity contribution is 5.76. The first-order chi connectivity index (χ1) is 16.0. The standard InChI is InChI=1S/C26H31NO6/c1-4-11-21-22(27-18(2)28)23(31-16-19-12-7-5-8-13-19)24(25(33-21)26(29)30-3)32-17-20-14-9-6-10-15-20/h4-15,21-25H,16-17H2,1-3H3,(H,27,28)/b11-4+/t21-,22+,23-,24+,25+/m1/s1. The summed E-state index contributed by atoms with van der Waals surface area (Å²) in [6.07, 6.45) is 0.512. The van der Waals surface area contributed by atoms with Gasteiger partial charge in [0.2, 0.25) is 5.91 Å². The Balaban J connectivity index is 1.94. The Labute approximate surface area is 194 Å². The molecule has 0 unspecified atom stereocenters. The van der Waals surface area contributed by atoms with Gasteiger partial charge in [-0.3, -0.25) is 4.79 Å². The van der Waals surface area contributed by atoms with Gasteiger partial charge >= 0.3 is 5.97 Å². The summed E-state index contributed by atoms with van der Waals surface area (Å²) >= 11 is 0. The number of nitrogens with one attached hydrogen (secondary N) is 1. The molecule has 3 rings (SSSR count). The van der Waals surface area contributed by atoms with E-state index in [1.807, 2.05) is 73.7 Å². The number of carbonyl (C=O) groups excluding carboxylic acids is 2. The molecule has 0 aromatic heterocycles. The molecule has 1 fully saturated rings. The minimum atomic E-state index is -1.02. The number of rotatable bonds is 9. The molecule has 0 aliphatic carbocycles. The molecule has 0 saturated carbocycles. The Morgan fingerprint density at radius 1 is 0.939 bits per heavy atom. The van der Waals surface area contributed by atoms with E-state index in [1.165, 1.54) is 14.0 Å². The summed E-state index contributed by atoms with van der Waals surface area (Å²) in [4.78, 5) is 24.8. The van der Waals surface area contributed by atoms with Crippen molar-refractivity contribution in [1.29, 1.82) is 0 Å². The molecule has 2 aromatic carbocycles. The lowest BCUT2D eigenvalue weighted by Gasteiger charge is -2.45. The molecule has 33 heavy (non-hydrogen) atoms. The first-order valence-electron chi connectivity index (χ1n) is 11.0. The maximum absolute atomic E-state index is 12.7. The van der Waals surface area contributed by atoms with Gasteiger partial charge in [-0.15, -0.1) is 0 Å². The van der Waals surface area contributed by atoms with Crippen molar-refractivity contribution in [3.8, 4) is 0 Å². The zero-order valence-corrected chi connectivity index (χ0v) is 19.2. The van der Waals surface area contributed by atoms with Gasteiger partial charge in [0.25, 0.3) is 0 Å². The van der Waals surface area contributed by atoms with Gasteiger partial charge in [0, 0.05) is 6.92 Å². The topological polar surface area (TPSA) is 83.1 Å².